The van der Waals surface area contributed by atoms with Crippen LogP contribution < -0.4 is 0 Å². The molecule has 0 heteroatoms. The van der Waals surface area contributed by atoms with E-state index in [2.05, 4.69) is 73.3 Å². The molecule has 6 atom stereocenters. The van der Waals surface area contributed by atoms with Crippen LogP contribution in [0.3, 0.4) is 0 Å². The summed E-state index contributed by atoms with van der Waals surface area (Å²) in [6.07, 6.45) is 18.4. The highest BCUT2D eigenvalue weighted by molar-refractivity contribution is 5.40. The molecule has 168 valence electrons. The lowest BCUT2D eigenvalue weighted by Gasteiger charge is -2.43. The second-order valence-corrected chi connectivity index (χ2v) is 11.7. The number of hydrogen-bond acceptors (Lipinski definition) is 0. The Morgan fingerprint density at radius 2 is 1.87 bits per heavy atom. The molecule has 3 aliphatic rings. The predicted molar refractivity (Wildman–Crippen MR) is 133 cm³/mol. The molecule has 0 radical (unpaired) electrons. The molecule has 1 saturated carbocycles. The van der Waals surface area contributed by atoms with E-state index >= 15 is 0 Å². The van der Waals surface area contributed by atoms with E-state index in [-0.39, 0.29) is 0 Å². The van der Waals surface area contributed by atoms with Crippen molar-refractivity contribution in [3.63, 3.8) is 0 Å². The first-order chi connectivity index (χ1) is 14.1. The maximum Gasteiger partial charge on any atom is -0.00183 e. The third-order valence-corrected chi connectivity index (χ3v) is 9.35. The molecule has 0 heterocycles. The molecule has 1 unspecified atom stereocenters. The molecule has 0 spiro atoms. The summed E-state index contributed by atoms with van der Waals surface area (Å²) in [6.45, 7) is 21.3. The molecule has 0 saturated heterocycles. The van der Waals surface area contributed by atoms with Gasteiger partial charge >= 0.3 is 0 Å². The van der Waals surface area contributed by atoms with Crippen molar-refractivity contribution in [2.75, 3.05) is 0 Å². The van der Waals surface area contributed by atoms with Crippen LogP contribution in [-0.4, -0.2) is 0 Å². The number of hydrogen-bond donors (Lipinski definition) is 0. The fraction of sp³-hybridized carbons (Fsp3) is 0.733. The molecule has 0 aromatic heterocycles. The fourth-order valence-electron chi connectivity index (χ4n) is 7.03. The zero-order valence-corrected chi connectivity index (χ0v) is 21.1. The van der Waals surface area contributed by atoms with Crippen LogP contribution in [-0.2, 0) is 0 Å². The molecule has 0 aliphatic heterocycles. The average molecular weight is 409 g/mol. The molecule has 1 fully saturated rings. The summed E-state index contributed by atoms with van der Waals surface area (Å²) >= 11 is 0. The van der Waals surface area contributed by atoms with E-state index in [0.29, 0.717) is 17.3 Å². The van der Waals surface area contributed by atoms with Gasteiger partial charge < -0.3 is 0 Å². The zero-order valence-electron chi connectivity index (χ0n) is 21.1. The standard InChI is InChI=1S/C30H48/c1-20(2)11-9-12-21(3)28-16-17-29-26(13-10-18-30(28,29)8)14-15-27-19-22(4)23(5)24(6)25(27)7/h13-15,20-22,24,28-29H,5,9-12,16-19H2,1-4,6-8H3/b15-14-/t21?,22-,24+,28-,29+,30-/m1/s1. The van der Waals surface area contributed by atoms with Gasteiger partial charge in [-0.05, 0) is 91.1 Å². The van der Waals surface area contributed by atoms with Crippen LogP contribution in [0.2, 0.25) is 0 Å². The summed E-state index contributed by atoms with van der Waals surface area (Å²) in [4.78, 5) is 0. The van der Waals surface area contributed by atoms with Crippen LogP contribution in [0, 0.1) is 40.9 Å². The van der Waals surface area contributed by atoms with E-state index in [0.717, 1.165) is 30.1 Å². The molecule has 3 rings (SSSR count). The maximum atomic E-state index is 4.35. The molecule has 0 amide bonds. The molecule has 0 bridgehead atoms. The maximum absolute atomic E-state index is 4.35. The quantitative estimate of drug-likeness (QED) is 0.368. The van der Waals surface area contributed by atoms with Crippen molar-refractivity contribution in [1.82, 2.24) is 0 Å². The summed E-state index contributed by atoms with van der Waals surface area (Å²) in [5, 5.41) is 0. The second kappa shape index (κ2) is 9.62. The van der Waals surface area contributed by atoms with Gasteiger partial charge in [0.2, 0.25) is 0 Å². The first-order valence-electron chi connectivity index (χ1n) is 12.9. The highest BCUT2D eigenvalue weighted by Gasteiger charge is 2.49. The highest BCUT2D eigenvalue weighted by Crippen LogP contribution is 2.58. The Bertz CT molecular complexity index is 714. The van der Waals surface area contributed by atoms with Gasteiger partial charge in [0.15, 0.2) is 0 Å². The fourth-order valence-corrected chi connectivity index (χ4v) is 7.03. The monoisotopic (exact) mass is 408 g/mol. The average Bonchev–Trinajstić information content (AvgIpc) is 3.05. The predicted octanol–water partition coefficient (Wildman–Crippen LogP) is 9.31. The van der Waals surface area contributed by atoms with Crippen LogP contribution in [0.25, 0.3) is 0 Å². The lowest BCUT2D eigenvalue weighted by atomic mass is 9.62. The zero-order chi connectivity index (χ0) is 22.1. The van der Waals surface area contributed by atoms with Crippen LogP contribution in [0.1, 0.15) is 99.8 Å². The Balaban J connectivity index is 1.71. The van der Waals surface area contributed by atoms with Crippen molar-refractivity contribution in [3.05, 3.63) is 47.1 Å². The van der Waals surface area contributed by atoms with E-state index in [1.54, 1.807) is 11.1 Å². The van der Waals surface area contributed by atoms with Crippen molar-refractivity contribution in [2.45, 2.75) is 99.8 Å². The Hall–Kier alpha value is -1.04. The van der Waals surface area contributed by atoms with Gasteiger partial charge in [-0.25, -0.2) is 0 Å². The smallest absolute Gasteiger partial charge is 0.00183 e. The van der Waals surface area contributed by atoms with E-state index in [9.17, 15) is 0 Å². The topological polar surface area (TPSA) is 0 Å². The first-order valence-corrected chi connectivity index (χ1v) is 12.9. The second-order valence-electron chi connectivity index (χ2n) is 11.7. The van der Waals surface area contributed by atoms with E-state index in [1.165, 1.54) is 56.1 Å². The molecule has 0 aromatic carbocycles. The molecule has 0 nitrogen and oxygen atoms in total. The summed E-state index contributed by atoms with van der Waals surface area (Å²) in [7, 11) is 0. The van der Waals surface area contributed by atoms with Gasteiger partial charge in [0.05, 0.1) is 0 Å². The number of rotatable bonds is 7. The molecule has 30 heavy (non-hydrogen) atoms. The van der Waals surface area contributed by atoms with Gasteiger partial charge in [0, 0.05) is 0 Å². The van der Waals surface area contributed by atoms with E-state index in [4.69, 9.17) is 0 Å². The summed E-state index contributed by atoms with van der Waals surface area (Å²) in [5.41, 5.74) is 6.67. The van der Waals surface area contributed by atoms with Crippen molar-refractivity contribution < 1.29 is 0 Å². The molecular weight excluding hydrogens is 360 g/mol. The Morgan fingerprint density at radius 3 is 2.57 bits per heavy atom. The minimum Gasteiger partial charge on any atom is -0.0990 e. The number of allylic oxidation sites excluding steroid dienone is 7. The minimum absolute atomic E-state index is 0.510. The van der Waals surface area contributed by atoms with Crippen LogP contribution in [0.4, 0.5) is 0 Å². The highest BCUT2D eigenvalue weighted by atomic mass is 14.5. The largest absolute Gasteiger partial charge is 0.0990 e. The molecule has 3 aliphatic carbocycles. The third-order valence-electron chi connectivity index (χ3n) is 9.35. The minimum atomic E-state index is 0.510. The number of fused-ring (bicyclic) bond motifs is 1. The van der Waals surface area contributed by atoms with Crippen LogP contribution in [0.5, 0.6) is 0 Å². The summed E-state index contributed by atoms with van der Waals surface area (Å²) < 4.78 is 0. The normalized spacial score (nSPS) is 35.9. The Labute approximate surface area is 188 Å². The van der Waals surface area contributed by atoms with Gasteiger partial charge in [0.1, 0.15) is 0 Å². The van der Waals surface area contributed by atoms with Crippen LogP contribution >= 0.6 is 0 Å². The summed E-state index contributed by atoms with van der Waals surface area (Å²) in [5.74, 6) is 4.54. The van der Waals surface area contributed by atoms with Crippen molar-refractivity contribution in [2.24, 2.45) is 40.9 Å². The van der Waals surface area contributed by atoms with Crippen molar-refractivity contribution in [1.29, 1.82) is 0 Å². The Kier molecular flexibility index (Phi) is 7.57. The molecule has 0 N–H and O–H groups in total. The van der Waals surface area contributed by atoms with Gasteiger partial charge in [-0.1, -0.05) is 96.8 Å². The first kappa shape index (κ1) is 23.6. The molecular formula is C30H48. The van der Waals surface area contributed by atoms with E-state index in [1.807, 2.05) is 0 Å². The lowest BCUT2D eigenvalue weighted by molar-refractivity contribution is 0.107. The van der Waals surface area contributed by atoms with Gasteiger partial charge in [-0.15, -0.1) is 0 Å². The van der Waals surface area contributed by atoms with Crippen molar-refractivity contribution >= 4 is 0 Å². The summed E-state index contributed by atoms with van der Waals surface area (Å²) in [6, 6.07) is 0. The van der Waals surface area contributed by atoms with Gasteiger partial charge in [0.25, 0.3) is 0 Å². The molecule has 0 aromatic rings. The van der Waals surface area contributed by atoms with Crippen LogP contribution in [0.15, 0.2) is 47.1 Å². The SMILES string of the molecule is C=C1[C@H](C)C(C)=C(/C=C\C2=CCC[C@]3(C)[C@@H](C(C)CCCC(C)C)CC[C@@H]23)C[C@H]1C. The van der Waals surface area contributed by atoms with Gasteiger partial charge in [-0.2, -0.15) is 0 Å². The third kappa shape index (κ3) is 4.73. The Morgan fingerprint density at radius 1 is 1.13 bits per heavy atom. The van der Waals surface area contributed by atoms with E-state index < -0.39 is 0 Å². The van der Waals surface area contributed by atoms with Crippen molar-refractivity contribution in [3.8, 4) is 0 Å². The van der Waals surface area contributed by atoms with Gasteiger partial charge in [-0.3, -0.25) is 0 Å². The lowest BCUT2D eigenvalue weighted by Crippen LogP contribution is -2.35.